The van der Waals surface area contributed by atoms with E-state index in [9.17, 15) is 0 Å². The molecular formula is C11H22N2. The maximum absolute atomic E-state index is 3.46. The highest BCUT2D eigenvalue weighted by Gasteiger charge is 2.32. The summed E-state index contributed by atoms with van der Waals surface area (Å²) in [5.41, 5.74) is 0. The molecule has 3 atom stereocenters. The Hall–Kier alpha value is -0.0800. The summed E-state index contributed by atoms with van der Waals surface area (Å²) in [5, 5.41) is 3.46. The molecule has 0 amide bonds. The summed E-state index contributed by atoms with van der Waals surface area (Å²) in [6.07, 6.45) is 4.33. The lowest BCUT2D eigenvalue weighted by Crippen LogP contribution is -2.54. The van der Waals surface area contributed by atoms with Gasteiger partial charge in [-0.15, -0.1) is 0 Å². The van der Waals surface area contributed by atoms with Gasteiger partial charge in [0.05, 0.1) is 0 Å². The van der Waals surface area contributed by atoms with Crippen molar-refractivity contribution in [2.45, 2.75) is 45.2 Å². The largest absolute Gasteiger partial charge is 0.314 e. The maximum Gasteiger partial charge on any atom is 0.0195 e. The molecule has 0 bridgehead atoms. The number of piperazine rings is 1. The first-order valence-electron chi connectivity index (χ1n) is 5.75. The van der Waals surface area contributed by atoms with E-state index < -0.39 is 0 Å². The lowest BCUT2D eigenvalue weighted by molar-refractivity contribution is 0.0967. The molecule has 0 radical (unpaired) electrons. The van der Waals surface area contributed by atoms with Gasteiger partial charge in [-0.25, -0.2) is 0 Å². The molecule has 1 saturated carbocycles. The van der Waals surface area contributed by atoms with Crippen LogP contribution in [0.2, 0.25) is 0 Å². The minimum atomic E-state index is 0.749. The Morgan fingerprint density at radius 3 is 2.69 bits per heavy atom. The first-order chi connectivity index (χ1) is 6.29. The van der Waals surface area contributed by atoms with Crippen LogP contribution in [-0.2, 0) is 0 Å². The van der Waals surface area contributed by atoms with Crippen molar-refractivity contribution in [2.75, 3.05) is 19.6 Å². The quantitative estimate of drug-likeness (QED) is 0.660. The molecule has 0 spiro atoms. The van der Waals surface area contributed by atoms with Crippen LogP contribution in [0.25, 0.3) is 0 Å². The van der Waals surface area contributed by atoms with Gasteiger partial charge in [-0.3, -0.25) is 4.90 Å². The first-order valence-corrected chi connectivity index (χ1v) is 5.75. The van der Waals surface area contributed by atoms with E-state index in [-0.39, 0.29) is 0 Å². The topological polar surface area (TPSA) is 15.3 Å². The molecule has 0 aromatic heterocycles. The predicted molar refractivity (Wildman–Crippen MR) is 55.8 cm³/mol. The molecule has 1 aliphatic heterocycles. The van der Waals surface area contributed by atoms with E-state index in [0.29, 0.717) is 0 Å². The Morgan fingerprint density at radius 1 is 1.23 bits per heavy atom. The minimum Gasteiger partial charge on any atom is -0.314 e. The molecule has 0 aromatic rings. The van der Waals surface area contributed by atoms with Crippen LogP contribution < -0.4 is 5.32 Å². The maximum atomic E-state index is 3.46. The summed E-state index contributed by atoms with van der Waals surface area (Å²) in [4.78, 5) is 2.73. The third kappa shape index (κ3) is 1.89. The summed E-state index contributed by atoms with van der Waals surface area (Å²) >= 11 is 0. The van der Waals surface area contributed by atoms with E-state index in [1.165, 1.54) is 38.9 Å². The molecule has 0 aromatic carbocycles. The van der Waals surface area contributed by atoms with Gasteiger partial charge in [-0.05, 0) is 25.7 Å². The van der Waals surface area contributed by atoms with Gasteiger partial charge in [0.2, 0.25) is 0 Å². The van der Waals surface area contributed by atoms with Crippen LogP contribution in [0.15, 0.2) is 0 Å². The molecule has 2 rings (SSSR count). The molecule has 2 aliphatic rings. The Labute approximate surface area is 81.7 Å². The van der Waals surface area contributed by atoms with Crippen molar-refractivity contribution in [2.24, 2.45) is 5.92 Å². The summed E-state index contributed by atoms with van der Waals surface area (Å²) in [5.74, 6) is 0.931. The third-order valence-corrected chi connectivity index (χ3v) is 3.79. The molecule has 2 heteroatoms. The minimum absolute atomic E-state index is 0.749. The predicted octanol–water partition coefficient (Wildman–Crippen LogP) is 1.47. The second-order valence-corrected chi connectivity index (χ2v) is 4.77. The zero-order valence-corrected chi connectivity index (χ0v) is 8.92. The number of nitrogens with zero attached hydrogens (tertiary/aromatic N) is 1. The normalized spacial score (nSPS) is 42.5. The molecule has 1 N–H and O–H groups in total. The highest BCUT2D eigenvalue weighted by molar-refractivity contribution is 4.88. The Bertz CT molecular complexity index is 169. The standard InChI is InChI=1S/C11H22N2/c1-9-4-3-5-11(9)13-7-6-12-8-10(13)2/h9-12H,3-8H2,1-2H3. The van der Waals surface area contributed by atoms with Crippen LogP contribution in [0.3, 0.4) is 0 Å². The number of hydrogen-bond donors (Lipinski definition) is 1. The second kappa shape index (κ2) is 3.97. The van der Waals surface area contributed by atoms with E-state index in [4.69, 9.17) is 0 Å². The summed E-state index contributed by atoms with van der Waals surface area (Å²) in [6.45, 7) is 8.41. The molecular weight excluding hydrogens is 160 g/mol. The lowest BCUT2D eigenvalue weighted by Gasteiger charge is -2.40. The van der Waals surface area contributed by atoms with Gasteiger partial charge in [0, 0.05) is 31.7 Å². The molecule has 1 saturated heterocycles. The molecule has 3 unspecified atom stereocenters. The molecule has 76 valence electrons. The highest BCUT2D eigenvalue weighted by Crippen LogP contribution is 2.30. The molecule has 1 aliphatic carbocycles. The Kier molecular flexibility index (Phi) is 2.89. The van der Waals surface area contributed by atoms with Crippen molar-refractivity contribution in [1.29, 1.82) is 0 Å². The zero-order valence-electron chi connectivity index (χ0n) is 8.92. The van der Waals surface area contributed by atoms with E-state index >= 15 is 0 Å². The number of hydrogen-bond acceptors (Lipinski definition) is 2. The smallest absolute Gasteiger partial charge is 0.0195 e. The van der Waals surface area contributed by atoms with Gasteiger partial charge in [0.1, 0.15) is 0 Å². The van der Waals surface area contributed by atoms with E-state index in [0.717, 1.165) is 18.0 Å². The molecule has 1 heterocycles. The van der Waals surface area contributed by atoms with E-state index in [2.05, 4.69) is 24.1 Å². The van der Waals surface area contributed by atoms with Crippen LogP contribution in [0, 0.1) is 5.92 Å². The van der Waals surface area contributed by atoms with Crippen LogP contribution >= 0.6 is 0 Å². The Balaban J connectivity index is 1.97. The van der Waals surface area contributed by atoms with Gasteiger partial charge >= 0.3 is 0 Å². The number of rotatable bonds is 1. The SMILES string of the molecule is CC1CCCC1N1CCNCC1C. The van der Waals surface area contributed by atoms with Gasteiger partial charge in [-0.2, -0.15) is 0 Å². The third-order valence-electron chi connectivity index (χ3n) is 3.79. The van der Waals surface area contributed by atoms with Gasteiger partial charge in [-0.1, -0.05) is 13.3 Å². The fraction of sp³-hybridized carbons (Fsp3) is 1.00. The second-order valence-electron chi connectivity index (χ2n) is 4.77. The molecule has 13 heavy (non-hydrogen) atoms. The summed E-state index contributed by atoms with van der Waals surface area (Å²) in [6, 6.07) is 1.64. The monoisotopic (exact) mass is 182 g/mol. The summed E-state index contributed by atoms with van der Waals surface area (Å²) < 4.78 is 0. The zero-order chi connectivity index (χ0) is 9.26. The average molecular weight is 182 g/mol. The van der Waals surface area contributed by atoms with Crippen LogP contribution in [0.1, 0.15) is 33.1 Å². The Morgan fingerprint density at radius 2 is 2.08 bits per heavy atom. The van der Waals surface area contributed by atoms with Crippen molar-refractivity contribution in [3.8, 4) is 0 Å². The highest BCUT2D eigenvalue weighted by atomic mass is 15.2. The van der Waals surface area contributed by atoms with Crippen LogP contribution in [0.5, 0.6) is 0 Å². The van der Waals surface area contributed by atoms with Crippen molar-refractivity contribution in [3.05, 3.63) is 0 Å². The summed E-state index contributed by atoms with van der Waals surface area (Å²) in [7, 11) is 0. The molecule has 2 nitrogen and oxygen atoms in total. The van der Waals surface area contributed by atoms with Gasteiger partial charge < -0.3 is 5.32 Å². The number of nitrogens with one attached hydrogen (secondary N) is 1. The lowest BCUT2D eigenvalue weighted by atomic mass is 10.0. The van der Waals surface area contributed by atoms with Gasteiger partial charge in [0.15, 0.2) is 0 Å². The van der Waals surface area contributed by atoms with Crippen LogP contribution in [0.4, 0.5) is 0 Å². The fourth-order valence-corrected chi connectivity index (χ4v) is 2.97. The van der Waals surface area contributed by atoms with Crippen molar-refractivity contribution < 1.29 is 0 Å². The van der Waals surface area contributed by atoms with E-state index in [1.54, 1.807) is 0 Å². The van der Waals surface area contributed by atoms with Crippen molar-refractivity contribution >= 4 is 0 Å². The van der Waals surface area contributed by atoms with Crippen molar-refractivity contribution in [1.82, 2.24) is 10.2 Å². The fourth-order valence-electron chi connectivity index (χ4n) is 2.97. The van der Waals surface area contributed by atoms with Crippen LogP contribution in [-0.4, -0.2) is 36.6 Å². The molecule has 2 fully saturated rings. The van der Waals surface area contributed by atoms with Gasteiger partial charge in [0.25, 0.3) is 0 Å². The average Bonchev–Trinajstić information content (AvgIpc) is 2.52. The first kappa shape index (κ1) is 9.47. The van der Waals surface area contributed by atoms with Crippen molar-refractivity contribution in [3.63, 3.8) is 0 Å². The van der Waals surface area contributed by atoms with E-state index in [1.807, 2.05) is 0 Å².